The van der Waals surface area contributed by atoms with Gasteiger partial charge in [0.25, 0.3) is 0 Å². The SMILES string of the molecule is COc1ccc(F)c(NCc2ccc(Cl)cc2Br)c1. The quantitative estimate of drug-likeness (QED) is 0.855. The number of methoxy groups -OCH3 is 1. The molecule has 0 unspecified atom stereocenters. The van der Waals surface area contributed by atoms with Crippen LogP contribution in [0.4, 0.5) is 10.1 Å². The molecular weight excluding hydrogens is 333 g/mol. The number of halogens is 3. The average molecular weight is 345 g/mol. The third kappa shape index (κ3) is 3.61. The van der Waals surface area contributed by atoms with E-state index in [-0.39, 0.29) is 5.82 Å². The van der Waals surface area contributed by atoms with Crippen molar-refractivity contribution in [3.05, 3.63) is 57.3 Å². The Hall–Kier alpha value is -1.26. The maximum absolute atomic E-state index is 13.6. The summed E-state index contributed by atoms with van der Waals surface area (Å²) in [7, 11) is 1.55. The molecule has 2 rings (SSSR count). The van der Waals surface area contributed by atoms with Gasteiger partial charge in [0.05, 0.1) is 12.8 Å². The third-order valence-corrected chi connectivity index (χ3v) is 3.63. The van der Waals surface area contributed by atoms with Gasteiger partial charge in [0.1, 0.15) is 11.6 Å². The monoisotopic (exact) mass is 343 g/mol. The van der Waals surface area contributed by atoms with Crippen molar-refractivity contribution in [1.29, 1.82) is 0 Å². The van der Waals surface area contributed by atoms with Crippen molar-refractivity contribution in [3.8, 4) is 5.75 Å². The molecule has 1 N–H and O–H groups in total. The summed E-state index contributed by atoms with van der Waals surface area (Å²) in [5.41, 5.74) is 1.40. The Morgan fingerprint density at radius 1 is 1.26 bits per heavy atom. The van der Waals surface area contributed by atoms with Crippen LogP contribution in [0.25, 0.3) is 0 Å². The number of hydrogen-bond acceptors (Lipinski definition) is 2. The maximum atomic E-state index is 13.6. The van der Waals surface area contributed by atoms with Gasteiger partial charge in [-0.1, -0.05) is 33.6 Å². The molecule has 0 heterocycles. The molecule has 2 nitrogen and oxygen atoms in total. The fourth-order valence-electron chi connectivity index (χ4n) is 1.62. The minimum absolute atomic E-state index is 0.314. The van der Waals surface area contributed by atoms with E-state index in [1.807, 2.05) is 6.07 Å². The van der Waals surface area contributed by atoms with E-state index in [1.165, 1.54) is 6.07 Å². The molecule has 2 aromatic carbocycles. The maximum Gasteiger partial charge on any atom is 0.146 e. The normalized spacial score (nSPS) is 10.3. The minimum Gasteiger partial charge on any atom is -0.497 e. The summed E-state index contributed by atoms with van der Waals surface area (Å²) in [5.74, 6) is 0.296. The van der Waals surface area contributed by atoms with Crippen LogP contribution in [0.2, 0.25) is 5.02 Å². The number of benzene rings is 2. The van der Waals surface area contributed by atoms with Crippen LogP contribution in [0.15, 0.2) is 40.9 Å². The van der Waals surface area contributed by atoms with Crippen LogP contribution in [0, 0.1) is 5.82 Å². The van der Waals surface area contributed by atoms with Gasteiger partial charge in [-0.05, 0) is 29.8 Å². The Kier molecular flexibility index (Phi) is 4.66. The van der Waals surface area contributed by atoms with Crippen LogP contribution in [-0.4, -0.2) is 7.11 Å². The van der Waals surface area contributed by atoms with E-state index in [9.17, 15) is 4.39 Å². The fraction of sp³-hybridized carbons (Fsp3) is 0.143. The summed E-state index contributed by atoms with van der Waals surface area (Å²) >= 11 is 9.30. The molecule has 0 atom stereocenters. The summed E-state index contributed by atoms with van der Waals surface area (Å²) in [6, 6.07) is 10.1. The van der Waals surface area contributed by atoms with Crippen LogP contribution < -0.4 is 10.1 Å². The lowest BCUT2D eigenvalue weighted by atomic mass is 10.2. The predicted molar refractivity (Wildman–Crippen MR) is 79.4 cm³/mol. The van der Waals surface area contributed by atoms with Crippen molar-refractivity contribution in [2.45, 2.75) is 6.54 Å². The molecule has 0 aliphatic rings. The van der Waals surface area contributed by atoms with Gasteiger partial charge in [0.2, 0.25) is 0 Å². The number of rotatable bonds is 4. The Morgan fingerprint density at radius 3 is 2.74 bits per heavy atom. The molecule has 5 heteroatoms. The highest BCUT2D eigenvalue weighted by atomic mass is 79.9. The topological polar surface area (TPSA) is 21.3 Å². The number of ether oxygens (including phenoxy) is 1. The summed E-state index contributed by atoms with van der Waals surface area (Å²) in [5, 5.41) is 3.69. The zero-order chi connectivity index (χ0) is 13.8. The first-order valence-corrected chi connectivity index (χ1v) is 6.78. The Balaban J connectivity index is 2.14. The second kappa shape index (κ2) is 6.26. The summed E-state index contributed by atoms with van der Waals surface area (Å²) < 4.78 is 19.6. The van der Waals surface area contributed by atoms with Gasteiger partial charge >= 0.3 is 0 Å². The molecular formula is C14H12BrClFNO. The summed E-state index contributed by atoms with van der Waals surface area (Å²) in [6.07, 6.45) is 0. The van der Waals surface area contributed by atoms with Crippen LogP contribution in [0.1, 0.15) is 5.56 Å². The van der Waals surface area contributed by atoms with Gasteiger partial charge < -0.3 is 10.1 Å². The first-order chi connectivity index (χ1) is 9.10. The van der Waals surface area contributed by atoms with Gasteiger partial charge in [-0.2, -0.15) is 0 Å². The lowest BCUT2D eigenvalue weighted by Crippen LogP contribution is -2.02. The molecule has 0 saturated carbocycles. The van der Waals surface area contributed by atoms with Gasteiger partial charge in [-0.3, -0.25) is 0 Å². The molecule has 0 aliphatic carbocycles. The van der Waals surface area contributed by atoms with Crippen molar-refractivity contribution in [1.82, 2.24) is 0 Å². The minimum atomic E-state index is -0.314. The predicted octanol–water partition coefficient (Wildman–Crippen LogP) is 4.86. The molecule has 0 fully saturated rings. The third-order valence-electron chi connectivity index (χ3n) is 2.66. The molecule has 0 aromatic heterocycles. The van der Waals surface area contributed by atoms with E-state index in [0.29, 0.717) is 23.0 Å². The van der Waals surface area contributed by atoms with Gasteiger partial charge in [0, 0.05) is 22.1 Å². The van der Waals surface area contributed by atoms with Crippen molar-refractivity contribution in [2.75, 3.05) is 12.4 Å². The highest BCUT2D eigenvalue weighted by Gasteiger charge is 2.05. The van der Waals surface area contributed by atoms with Crippen LogP contribution in [0.5, 0.6) is 5.75 Å². The van der Waals surface area contributed by atoms with Gasteiger partial charge in [-0.15, -0.1) is 0 Å². The van der Waals surface area contributed by atoms with Crippen LogP contribution >= 0.6 is 27.5 Å². The van der Waals surface area contributed by atoms with E-state index >= 15 is 0 Å². The molecule has 2 aromatic rings. The Morgan fingerprint density at radius 2 is 2.05 bits per heavy atom. The van der Waals surface area contributed by atoms with Crippen molar-refractivity contribution in [3.63, 3.8) is 0 Å². The smallest absolute Gasteiger partial charge is 0.146 e. The lowest BCUT2D eigenvalue weighted by molar-refractivity contribution is 0.414. The van der Waals surface area contributed by atoms with Crippen LogP contribution in [-0.2, 0) is 6.54 Å². The number of anilines is 1. The zero-order valence-electron chi connectivity index (χ0n) is 10.2. The molecule has 0 amide bonds. The second-order valence-corrected chi connectivity index (χ2v) is 5.23. The van der Waals surface area contributed by atoms with E-state index in [0.717, 1.165) is 10.0 Å². The van der Waals surface area contributed by atoms with Crippen molar-refractivity contribution >= 4 is 33.2 Å². The van der Waals surface area contributed by atoms with Gasteiger partial charge in [0.15, 0.2) is 0 Å². The largest absolute Gasteiger partial charge is 0.497 e. The lowest BCUT2D eigenvalue weighted by Gasteiger charge is -2.10. The molecule has 0 spiro atoms. The van der Waals surface area contributed by atoms with E-state index in [2.05, 4.69) is 21.2 Å². The van der Waals surface area contributed by atoms with E-state index in [1.54, 1.807) is 31.4 Å². The van der Waals surface area contributed by atoms with Crippen LogP contribution in [0.3, 0.4) is 0 Å². The van der Waals surface area contributed by atoms with E-state index < -0.39 is 0 Å². The van der Waals surface area contributed by atoms with Crippen molar-refractivity contribution in [2.24, 2.45) is 0 Å². The summed E-state index contributed by atoms with van der Waals surface area (Å²) in [6.45, 7) is 0.488. The standard InChI is InChI=1S/C14H12BrClFNO/c1-19-11-4-5-13(17)14(7-11)18-8-9-2-3-10(16)6-12(9)15/h2-7,18H,8H2,1H3. The molecule has 0 saturated heterocycles. The van der Waals surface area contributed by atoms with E-state index in [4.69, 9.17) is 16.3 Å². The molecule has 100 valence electrons. The fourth-order valence-corrected chi connectivity index (χ4v) is 2.45. The first-order valence-electron chi connectivity index (χ1n) is 5.61. The van der Waals surface area contributed by atoms with Gasteiger partial charge in [-0.25, -0.2) is 4.39 Å². The van der Waals surface area contributed by atoms with Crippen molar-refractivity contribution < 1.29 is 9.13 Å². The number of hydrogen-bond donors (Lipinski definition) is 1. The molecule has 0 bridgehead atoms. The summed E-state index contributed by atoms with van der Waals surface area (Å²) in [4.78, 5) is 0. The average Bonchev–Trinajstić information content (AvgIpc) is 2.39. The zero-order valence-corrected chi connectivity index (χ0v) is 12.6. The second-order valence-electron chi connectivity index (χ2n) is 3.94. The first kappa shape index (κ1) is 14.2. The molecule has 0 radical (unpaired) electrons. The Bertz CT molecular complexity index is 592. The highest BCUT2D eigenvalue weighted by molar-refractivity contribution is 9.10. The molecule has 0 aliphatic heterocycles. The number of nitrogens with one attached hydrogen (secondary N) is 1. The molecule has 19 heavy (non-hydrogen) atoms. The Labute approximate surface area is 124 Å². The highest BCUT2D eigenvalue weighted by Crippen LogP contribution is 2.25.